The zero-order valence-corrected chi connectivity index (χ0v) is 20.3. The van der Waals surface area contributed by atoms with Crippen LogP contribution >= 0.6 is 23.2 Å². The summed E-state index contributed by atoms with van der Waals surface area (Å²) in [6, 6.07) is 17.0. The van der Waals surface area contributed by atoms with Crippen molar-refractivity contribution in [3.05, 3.63) is 88.5 Å². The smallest absolute Gasteiger partial charge is 0.296 e. The first-order valence-electron chi connectivity index (χ1n) is 10.8. The minimum Gasteiger partial charge on any atom is -0.298 e. The molecule has 4 nitrogen and oxygen atoms in total. The maximum atomic E-state index is 12.7. The van der Waals surface area contributed by atoms with Gasteiger partial charge >= 0.3 is 0 Å². The SMILES string of the molecule is Cc1ccc(S(=O)(=O)OCC2CN(Cc3ccccc3)CC2C2=CCC(Cl)C(Cl)=C2)cc1. The van der Waals surface area contributed by atoms with E-state index in [4.69, 9.17) is 27.4 Å². The molecule has 3 atom stereocenters. The largest absolute Gasteiger partial charge is 0.298 e. The van der Waals surface area contributed by atoms with Gasteiger partial charge in [0.1, 0.15) is 0 Å². The molecule has 1 heterocycles. The first-order valence-corrected chi connectivity index (χ1v) is 13.0. The van der Waals surface area contributed by atoms with Crippen molar-refractivity contribution in [3.8, 4) is 0 Å². The predicted molar refractivity (Wildman–Crippen MR) is 129 cm³/mol. The zero-order valence-electron chi connectivity index (χ0n) is 18.0. The lowest BCUT2D eigenvalue weighted by atomic mass is 9.86. The van der Waals surface area contributed by atoms with E-state index in [2.05, 4.69) is 23.1 Å². The molecular weight excluding hydrogens is 465 g/mol. The van der Waals surface area contributed by atoms with Gasteiger partial charge in [-0.3, -0.25) is 9.08 Å². The van der Waals surface area contributed by atoms with Crippen molar-refractivity contribution < 1.29 is 12.6 Å². The summed E-state index contributed by atoms with van der Waals surface area (Å²) in [4.78, 5) is 2.53. The van der Waals surface area contributed by atoms with Gasteiger partial charge in [0.2, 0.25) is 0 Å². The van der Waals surface area contributed by atoms with Gasteiger partial charge in [0.05, 0.1) is 16.9 Å². The molecule has 0 aromatic heterocycles. The normalized spacial score (nSPS) is 24.3. The Morgan fingerprint density at radius 3 is 2.47 bits per heavy atom. The molecule has 0 N–H and O–H groups in total. The topological polar surface area (TPSA) is 46.6 Å². The van der Waals surface area contributed by atoms with E-state index in [1.54, 1.807) is 24.3 Å². The van der Waals surface area contributed by atoms with Crippen molar-refractivity contribution >= 4 is 33.3 Å². The standard InChI is InChI=1S/C25H27Cl2NO3S/c1-18-7-10-22(11-8-18)32(29,30)31-17-21-15-28(14-19-5-3-2-4-6-19)16-23(21)20-9-12-24(26)25(27)13-20/h2-11,13,21,23-24H,12,14-17H2,1H3. The van der Waals surface area contributed by atoms with Crippen molar-refractivity contribution in [2.24, 2.45) is 11.8 Å². The fraction of sp³-hybridized carbons (Fsp3) is 0.360. The van der Waals surface area contributed by atoms with Crippen LogP contribution in [-0.2, 0) is 20.8 Å². The van der Waals surface area contributed by atoms with Crippen LogP contribution in [0.1, 0.15) is 17.5 Å². The second-order valence-electron chi connectivity index (χ2n) is 8.53. The summed E-state index contributed by atoms with van der Waals surface area (Å²) in [6.45, 7) is 4.41. The maximum absolute atomic E-state index is 12.7. The molecule has 1 aliphatic carbocycles. The first-order chi connectivity index (χ1) is 15.3. The number of likely N-dealkylation sites (tertiary alicyclic amines) is 1. The van der Waals surface area contributed by atoms with Gasteiger partial charge in [-0.05, 0) is 42.7 Å². The van der Waals surface area contributed by atoms with Gasteiger partial charge in [-0.2, -0.15) is 8.42 Å². The molecule has 0 amide bonds. The molecule has 1 aliphatic heterocycles. The highest BCUT2D eigenvalue weighted by Crippen LogP contribution is 2.37. The Morgan fingerprint density at radius 2 is 1.78 bits per heavy atom. The van der Waals surface area contributed by atoms with Crippen LogP contribution in [0.5, 0.6) is 0 Å². The molecule has 0 radical (unpaired) electrons. The highest BCUT2D eigenvalue weighted by atomic mass is 35.5. The predicted octanol–water partition coefficient (Wildman–Crippen LogP) is 5.51. The second-order valence-corrected chi connectivity index (χ2v) is 11.1. The van der Waals surface area contributed by atoms with Gasteiger partial charge in [-0.25, -0.2) is 0 Å². The summed E-state index contributed by atoms with van der Waals surface area (Å²) in [5, 5.41) is 0.441. The molecule has 4 rings (SSSR count). The van der Waals surface area contributed by atoms with Crippen LogP contribution in [0.3, 0.4) is 0 Å². The van der Waals surface area contributed by atoms with Gasteiger partial charge in [0.25, 0.3) is 10.1 Å². The van der Waals surface area contributed by atoms with Crippen molar-refractivity contribution in [3.63, 3.8) is 0 Å². The number of halogens is 2. The summed E-state index contributed by atoms with van der Waals surface area (Å²) in [5.41, 5.74) is 3.35. The lowest BCUT2D eigenvalue weighted by molar-refractivity contribution is 0.232. The highest BCUT2D eigenvalue weighted by molar-refractivity contribution is 7.86. The Labute approximate surface area is 200 Å². The lowest BCUT2D eigenvalue weighted by Gasteiger charge is -2.23. The number of allylic oxidation sites excluding steroid dienone is 3. The van der Waals surface area contributed by atoms with Crippen molar-refractivity contribution in [2.75, 3.05) is 19.7 Å². The Balaban J connectivity index is 1.51. The summed E-state index contributed by atoms with van der Waals surface area (Å²) in [6.07, 6.45) is 4.75. The fourth-order valence-corrected chi connectivity index (χ4v) is 5.67. The zero-order chi connectivity index (χ0) is 22.7. The van der Waals surface area contributed by atoms with E-state index in [9.17, 15) is 8.42 Å². The molecular formula is C25H27Cl2NO3S. The van der Waals surface area contributed by atoms with Crippen molar-refractivity contribution in [1.82, 2.24) is 4.90 Å². The lowest BCUT2D eigenvalue weighted by Crippen LogP contribution is -2.23. The number of hydrogen-bond donors (Lipinski definition) is 0. The number of rotatable bonds is 7. The fourth-order valence-electron chi connectivity index (χ4n) is 4.35. The van der Waals surface area contributed by atoms with Crippen LogP contribution in [0.2, 0.25) is 0 Å². The monoisotopic (exact) mass is 491 g/mol. The first kappa shape index (κ1) is 23.5. The molecule has 2 aliphatic rings. The van der Waals surface area contributed by atoms with Gasteiger partial charge in [0.15, 0.2) is 0 Å². The molecule has 32 heavy (non-hydrogen) atoms. The molecule has 1 saturated heterocycles. The Morgan fingerprint density at radius 1 is 1.06 bits per heavy atom. The van der Waals surface area contributed by atoms with E-state index < -0.39 is 10.1 Å². The minimum absolute atomic E-state index is 0.0257. The molecule has 0 saturated carbocycles. The number of benzene rings is 2. The number of hydrogen-bond acceptors (Lipinski definition) is 4. The molecule has 3 unspecified atom stereocenters. The summed E-state index contributed by atoms with van der Waals surface area (Å²) in [7, 11) is -3.82. The van der Waals surface area contributed by atoms with Crippen LogP contribution in [0.25, 0.3) is 0 Å². The van der Waals surface area contributed by atoms with Gasteiger partial charge in [-0.1, -0.05) is 65.7 Å². The van der Waals surface area contributed by atoms with E-state index in [0.717, 1.165) is 30.8 Å². The molecule has 1 fully saturated rings. The molecule has 2 aromatic rings. The van der Waals surface area contributed by atoms with E-state index >= 15 is 0 Å². The van der Waals surface area contributed by atoms with Crippen LogP contribution in [0.15, 0.2) is 82.3 Å². The minimum atomic E-state index is -3.82. The Kier molecular flexibility index (Phi) is 7.43. The highest BCUT2D eigenvalue weighted by Gasteiger charge is 2.36. The van der Waals surface area contributed by atoms with E-state index in [1.165, 1.54) is 5.56 Å². The van der Waals surface area contributed by atoms with Crippen molar-refractivity contribution in [1.29, 1.82) is 0 Å². The number of alkyl halides is 1. The number of nitrogens with zero attached hydrogens (tertiary/aromatic N) is 1. The summed E-state index contributed by atoms with van der Waals surface area (Å²) < 4.78 is 31.0. The van der Waals surface area contributed by atoms with Gasteiger partial charge < -0.3 is 0 Å². The van der Waals surface area contributed by atoms with E-state index in [-0.39, 0.29) is 28.7 Å². The average molecular weight is 492 g/mol. The third-order valence-corrected chi connectivity index (χ3v) is 8.30. The van der Waals surface area contributed by atoms with Crippen LogP contribution < -0.4 is 0 Å². The molecule has 2 aromatic carbocycles. The maximum Gasteiger partial charge on any atom is 0.296 e. The summed E-state index contributed by atoms with van der Waals surface area (Å²) >= 11 is 12.6. The van der Waals surface area contributed by atoms with Crippen LogP contribution in [0.4, 0.5) is 0 Å². The van der Waals surface area contributed by atoms with Crippen LogP contribution in [0, 0.1) is 18.8 Å². The van der Waals surface area contributed by atoms with Gasteiger partial charge in [-0.15, -0.1) is 11.6 Å². The van der Waals surface area contributed by atoms with Crippen LogP contribution in [-0.4, -0.2) is 38.4 Å². The Hall–Kier alpha value is -1.63. The molecule has 170 valence electrons. The van der Waals surface area contributed by atoms with Gasteiger partial charge in [0, 0.05) is 36.5 Å². The van der Waals surface area contributed by atoms with E-state index in [0.29, 0.717) is 11.5 Å². The third kappa shape index (κ3) is 5.64. The third-order valence-electron chi connectivity index (χ3n) is 6.11. The molecule has 0 bridgehead atoms. The number of aryl methyl sites for hydroxylation is 1. The second kappa shape index (κ2) is 10.1. The quantitative estimate of drug-likeness (QED) is 0.378. The van der Waals surface area contributed by atoms with E-state index in [1.807, 2.05) is 31.2 Å². The van der Waals surface area contributed by atoms with Crippen molar-refractivity contribution in [2.45, 2.75) is 30.2 Å². The average Bonchev–Trinajstić information content (AvgIpc) is 3.18. The molecule has 0 spiro atoms. The summed E-state index contributed by atoms with van der Waals surface area (Å²) in [5.74, 6) is 0.155. The molecule has 7 heteroatoms. The Bertz CT molecular complexity index is 1100.